The lowest BCUT2D eigenvalue weighted by Crippen LogP contribution is -2.15. The first kappa shape index (κ1) is 18.4. The predicted octanol–water partition coefficient (Wildman–Crippen LogP) is 4.31. The summed E-state index contributed by atoms with van der Waals surface area (Å²) < 4.78 is 4.68. The highest BCUT2D eigenvalue weighted by molar-refractivity contribution is 7.99. The minimum absolute atomic E-state index is 0.0963. The fourth-order valence-electron chi connectivity index (χ4n) is 2.10. The zero-order chi connectivity index (χ0) is 17.5. The third kappa shape index (κ3) is 5.01. The van der Waals surface area contributed by atoms with E-state index in [1.54, 1.807) is 18.2 Å². The second-order valence-corrected chi connectivity index (χ2v) is 6.55. The summed E-state index contributed by atoms with van der Waals surface area (Å²) in [5.74, 6) is 0.504. The topological polar surface area (TPSA) is 55.4 Å². The maximum absolute atomic E-state index is 12.1. The number of ether oxygens (including phenoxy) is 1. The molecule has 4 nitrogen and oxygen atoms in total. The smallest absolute Gasteiger partial charge is 0.337 e. The standard InChI is InChI=1S/C18H18ClNO3S/c1-12-9-13(18(22)23-2)7-8-16(12)20-17(21)11-24-10-14-5-3-4-6-15(14)19/h3-9H,10-11H2,1-2H3,(H,20,21). The zero-order valence-electron chi connectivity index (χ0n) is 13.5. The number of hydrogen-bond acceptors (Lipinski definition) is 4. The average Bonchev–Trinajstić information content (AvgIpc) is 2.57. The number of thioether (sulfide) groups is 1. The molecule has 0 saturated carbocycles. The molecular formula is C18H18ClNO3S. The van der Waals surface area contributed by atoms with Gasteiger partial charge in [-0.25, -0.2) is 4.79 Å². The monoisotopic (exact) mass is 363 g/mol. The number of carbonyl (C=O) groups is 2. The van der Waals surface area contributed by atoms with E-state index in [1.165, 1.54) is 18.9 Å². The van der Waals surface area contributed by atoms with Gasteiger partial charge in [-0.3, -0.25) is 4.79 Å². The molecule has 2 rings (SSSR count). The van der Waals surface area contributed by atoms with Crippen molar-refractivity contribution in [1.82, 2.24) is 0 Å². The molecule has 0 bridgehead atoms. The van der Waals surface area contributed by atoms with Crippen LogP contribution < -0.4 is 5.32 Å². The summed E-state index contributed by atoms with van der Waals surface area (Å²) >= 11 is 7.59. The summed E-state index contributed by atoms with van der Waals surface area (Å²) in [6.45, 7) is 1.83. The number of hydrogen-bond donors (Lipinski definition) is 1. The van der Waals surface area contributed by atoms with E-state index in [0.29, 0.717) is 27.8 Å². The summed E-state index contributed by atoms with van der Waals surface area (Å²) in [5.41, 5.74) is 2.96. The second kappa shape index (κ2) is 8.76. The molecule has 0 spiro atoms. The minimum atomic E-state index is -0.397. The molecule has 0 atom stereocenters. The van der Waals surface area contributed by atoms with E-state index < -0.39 is 5.97 Å². The Balaban J connectivity index is 1.88. The Kier molecular flexibility index (Phi) is 6.70. The molecule has 0 aromatic heterocycles. The lowest BCUT2D eigenvalue weighted by atomic mass is 10.1. The van der Waals surface area contributed by atoms with Crippen LogP contribution in [0.2, 0.25) is 5.02 Å². The highest BCUT2D eigenvalue weighted by Gasteiger charge is 2.10. The summed E-state index contributed by atoms with van der Waals surface area (Å²) in [6.07, 6.45) is 0. The van der Waals surface area contributed by atoms with Gasteiger partial charge < -0.3 is 10.1 Å². The molecule has 0 fully saturated rings. The Bertz CT molecular complexity index is 749. The molecule has 0 heterocycles. The van der Waals surface area contributed by atoms with Gasteiger partial charge in [-0.2, -0.15) is 0 Å². The number of nitrogens with one attached hydrogen (secondary N) is 1. The van der Waals surface area contributed by atoms with Crippen molar-refractivity contribution >= 4 is 40.9 Å². The van der Waals surface area contributed by atoms with Gasteiger partial charge in [-0.15, -0.1) is 11.8 Å². The van der Waals surface area contributed by atoms with Crippen LogP contribution in [0.15, 0.2) is 42.5 Å². The van der Waals surface area contributed by atoms with Gasteiger partial charge in [0.25, 0.3) is 0 Å². The Morgan fingerprint density at radius 3 is 2.62 bits per heavy atom. The highest BCUT2D eigenvalue weighted by Crippen LogP contribution is 2.21. The van der Waals surface area contributed by atoms with E-state index in [4.69, 9.17) is 11.6 Å². The third-order valence-corrected chi connectivity index (χ3v) is 4.72. The number of benzene rings is 2. The van der Waals surface area contributed by atoms with Crippen LogP contribution in [-0.2, 0) is 15.3 Å². The second-order valence-electron chi connectivity index (χ2n) is 5.15. The fraction of sp³-hybridized carbons (Fsp3) is 0.222. The first-order valence-corrected chi connectivity index (χ1v) is 8.84. The van der Waals surface area contributed by atoms with E-state index in [0.717, 1.165) is 11.1 Å². The first-order chi connectivity index (χ1) is 11.5. The van der Waals surface area contributed by atoms with Crippen LogP contribution in [0, 0.1) is 6.92 Å². The van der Waals surface area contributed by atoms with Crippen LogP contribution in [0.25, 0.3) is 0 Å². The van der Waals surface area contributed by atoms with E-state index in [9.17, 15) is 9.59 Å². The van der Waals surface area contributed by atoms with Crippen molar-refractivity contribution in [1.29, 1.82) is 0 Å². The van der Waals surface area contributed by atoms with Crippen molar-refractivity contribution in [3.63, 3.8) is 0 Å². The van der Waals surface area contributed by atoms with Gasteiger partial charge in [-0.05, 0) is 42.3 Å². The van der Waals surface area contributed by atoms with E-state index in [2.05, 4.69) is 10.1 Å². The molecule has 2 aromatic carbocycles. The maximum Gasteiger partial charge on any atom is 0.337 e. The molecule has 0 unspecified atom stereocenters. The van der Waals surface area contributed by atoms with Crippen molar-refractivity contribution in [3.8, 4) is 0 Å². The van der Waals surface area contributed by atoms with Crippen molar-refractivity contribution in [2.24, 2.45) is 0 Å². The Labute approximate surface area is 150 Å². The number of rotatable bonds is 6. The van der Waals surface area contributed by atoms with Crippen molar-refractivity contribution in [2.45, 2.75) is 12.7 Å². The van der Waals surface area contributed by atoms with Crippen molar-refractivity contribution in [2.75, 3.05) is 18.2 Å². The number of carbonyl (C=O) groups excluding carboxylic acids is 2. The van der Waals surface area contributed by atoms with Crippen molar-refractivity contribution in [3.05, 3.63) is 64.2 Å². The van der Waals surface area contributed by atoms with Gasteiger partial charge in [0, 0.05) is 16.5 Å². The van der Waals surface area contributed by atoms with Gasteiger partial charge >= 0.3 is 5.97 Å². The summed E-state index contributed by atoms with van der Waals surface area (Å²) in [6, 6.07) is 12.6. The molecule has 2 aromatic rings. The number of amides is 1. The SMILES string of the molecule is COC(=O)c1ccc(NC(=O)CSCc2ccccc2Cl)c(C)c1. The predicted molar refractivity (Wildman–Crippen MR) is 98.8 cm³/mol. The van der Waals surface area contributed by atoms with Crippen LogP contribution in [0.1, 0.15) is 21.5 Å². The van der Waals surface area contributed by atoms with Crippen LogP contribution in [0.3, 0.4) is 0 Å². The summed E-state index contributed by atoms with van der Waals surface area (Å²) in [4.78, 5) is 23.5. The van der Waals surface area contributed by atoms with Crippen LogP contribution in [-0.4, -0.2) is 24.7 Å². The maximum atomic E-state index is 12.1. The molecule has 6 heteroatoms. The number of halogens is 1. The number of anilines is 1. The van der Waals surface area contributed by atoms with Crippen LogP contribution in [0.4, 0.5) is 5.69 Å². The highest BCUT2D eigenvalue weighted by atomic mass is 35.5. The molecule has 0 saturated heterocycles. The van der Waals surface area contributed by atoms with Gasteiger partial charge in [0.2, 0.25) is 5.91 Å². The lowest BCUT2D eigenvalue weighted by molar-refractivity contribution is -0.113. The van der Waals surface area contributed by atoms with Crippen molar-refractivity contribution < 1.29 is 14.3 Å². The molecule has 1 N–H and O–H groups in total. The summed E-state index contributed by atoms with van der Waals surface area (Å²) in [7, 11) is 1.34. The zero-order valence-corrected chi connectivity index (χ0v) is 15.0. The summed E-state index contributed by atoms with van der Waals surface area (Å²) in [5, 5.41) is 3.56. The molecule has 0 aliphatic carbocycles. The van der Waals surface area contributed by atoms with E-state index >= 15 is 0 Å². The molecule has 126 valence electrons. The van der Waals surface area contributed by atoms with Crippen LogP contribution >= 0.6 is 23.4 Å². The fourth-order valence-corrected chi connectivity index (χ4v) is 3.22. The average molecular weight is 364 g/mol. The number of esters is 1. The first-order valence-electron chi connectivity index (χ1n) is 7.31. The normalized spacial score (nSPS) is 10.3. The molecule has 0 radical (unpaired) electrons. The Morgan fingerprint density at radius 1 is 1.21 bits per heavy atom. The van der Waals surface area contributed by atoms with E-state index in [1.807, 2.05) is 31.2 Å². The van der Waals surface area contributed by atoms with Gasteiger partial charge in [0.1, 0.15) is 0 Å². The molecule has 1 amide bonds. The molecule has 0 aliphatic rings. The number of methoxy groups -OCH3 is 1. The van der Waals surface area contributed by atoms with Gasteiger partial charge in [-0.1, -0.05) is 29.8 Å². The van der Waals surface area contributed by atoms with Crippen LogP contribution in [0.5, 0.6) is 0 Å². The molecule has 0 aliphatic heterocycles. The van der Waals surface area contributed by atoms with Gasteiger partial charge in [0.05, 0.1) is 18.4 Å². The quantitative estimate of drug-likeness (QED) is 0.777. The molecular weight excluding hydrogens is 346 g/mol. The lowest BCUT2D eigenvalue weighted by Gasteiger charge is -2.10. The van der Waals surface area contributed by atoms with Gasteiger partial charge in [0.15, 0.2) is 0 Å². The van der Waals surface area contributed by atoms with E-state index in [-0.39, 0.29) is 5.91 Å². The number of aryl methyl sites for hydroxylation is 1. The molecule has 24 heavy (non-hydrogen) atoms. The largest absolute Gasteiger partial charge is 0.465 e. The Hall–Kier alpha value is -1.98. The minimum Gasteiger partial charge on any atom is -0.465 e. The third-order valence-electron chi connectivity index (χ3n) is 3.37. The Morgan fingerprint density at radius 2 is 1.96 bits per heavy atom.